The third-order valence-corrected chi connectivity index (χ3v) is 4.63. The highest BCUT2D eigenvalue weighted by Gasteiger charge is 2.15. The van der Waals surface area contributed by atoms with Crippen molar-refractivity contribution in [3.63, 3.8) is 0 Å². The van der Waals surface area contributed by atoms with Crippen LogP contribution in [-0.4, -0.2) is 16.2 Å². The van der Waals surface area contributed by atoms with E-state index in [1.165, 1.54) is 6.07 Å². The molecule has 2 N–H and O–H groups in total. The van der Waals surface area contributed by atoms with Gasteiger partial charge in [-0.25, -0.2) is 0 Å². The quantitative estimate of drug-likeness (QED) is 0.697. The third-order valence-electron chi connectivity index (χ3n) is 4.63. The Balaban J connectivity index is 1.72. The molecule has 0 saturated heterocycles. The Labute approximate surface area is 157 Å². The van der Waals surface area contributed by atoms with Gasteiger partial charge in [-0.1, -0.05) is 17.3 Å². The molecule has 1 aromatic heterocycles. The Morgan fingerprint density at radius 1 is 1.19 bits per heavy atom. The molecule has 27 heavy (non-hydrogen) atoms. The van der Waals surface area contributed by atoms with Crippen molar-refractivity contribution in [1.29, 1.82) is 0 Å². The number of phenols is 1. The lowest BCUT2D eigenvalue weighted by Gasteiger charge is -2.12. The highest BCUT2D eigenvalue weighted by Crippen LogP contribution is 2.27. The van der Waals surface area contributed by atoms with Gasteiger partial charge < -0.3 is 19.7 Å². The first-order chi connectivity index (χ1) is 12.9. The number of carbonyl (C=O) groups excluding carboxylic acids is 1. The topological polar surface area (TPSA) is 84.6 Å². The van der Waals surface area contributed by atoms with E-state index in [4.69, 9.17) is 9.26 Å². The zero-order valence-electron chi connectivity index (χ0n) is 15.8. The number of aryl methyl sites for hydroxylation is 3. The smallest absolute Gasteiger partial charge is 0.259 e. The van der Waals surface area contributed by atoms with Gasteiger partial charge in [-0.05, 0) is 57.0 Å². The summed E-state index contributed by atoms with van der Waals surface area (Å²) in [5.74, 6) is 0.629. The Bertz CT molecular complexity index is 972. The molecule has 1 heterocycles. The van der Waals surface area contributed by atoms with Crippen molar-refractivity contribution >= 4 is 11.6 Å². The van der Waals surface area contributed by atoms with Gasteiger partial charge in [-0.3, -0.25) is 4.79 Å². The number of carbonyl (C=O) groups is 1. The van der Waals surface area contributed by atoms with Gasteiger partial charge >= 0.3 is 0 Å². The number of aromatic hydroxyl groups is 1. The van der Waals surface area contributed by atoms with Crippen molar-refractivity contribution in [2.24, 2.45) is 0 Å². The molecule has 0 radical (unpaired) electrons. The average molecular weight is 366 g/mol. The van der Waals surface area contributed by atoms with E-state index in [0.717, 1.165) is 28.1 Å². The average Bonchev–Trinajstić information content (AvgIpc) is 2.95. The summed E-state index contributed by atoms with van der Waals surface area (Å²) in [6, 6.07) is 10.3. The van der Waals surface area contributed by atoms with Gasteiger partial charge in [0.2, 0.25) is 0 Å². The van der Waals surface area contributed by atoms with Crippen molar-refractivity contribution in [2.75, 3.05) is 5.32 Å². The number of rotatable bonds is 5. The predicted octanol–water partition coefficient (Wildman–Crippen LogP) is 4.45. The standard InChI is InChI=1S/C21H22N2O4/c1-12-6-5-7-19(13(12)2)22-21(25)17-9-8-16(10-20(17)24)26-11-18-14(3)23-27-15(18)4/h5-10,24H,11H2,1-4H3,(H,22,25). The molecule has 0 saturated carbocycles. The molecule has 6 nitrogen and oxygen atoms in total. The number of amides is 1. The Morgan fingerprint density at radius 3 is 2.63 bits per heavy atom. The van der Waals surface area contributed by atoms with E-state index >= 15 is 0 Å². The summed E-state index contributed by atoms with van der Waals surface area (Å²) in [4.78, 5) is 12.5. The van der Waals surface area contributed by atoms with E-state index in [2.05, 4.69) is 10.5 Å². The minimum Gasteiger partial charge on any atom is -0.507 e. The minimum absolute atomic E-state index is 0.144. The summed E-state index contributed by atoms with van der Waals surface area (Å²) in [6.45, 7) is 7.85. The first kappa shape index (κ1) is 18.5. The van der Waals surface area contributed by atoms with Crippen molar-refractivity contribution in [1.82, 2.24) is 5.16 Å². The Morgan fingerprint density at radius 2 is 1.96 bits per heavy atom. The number of ether oxygens (including phenoxy) is 1. The first-order valence-electron chi connectivity index (χ1n) is 8.62. The molecule has 140 valence electrons. The third kappa shape index (κ3) is 3.95. The number of phenolic OH excluding ortho intramolecular Hbond substituents is 1. The molecule has 3 rings (SSSR count). The van der Waals surface area contributed by atoms with Crippen molar-refractivity contribution < 1.29 is 19.2 Å². The fourth-order valence-corrected chi connectivity index (χ4v) is 2.73. The number of benzene rings is 2. The van der Waals surface area contributed by atoms with Gasteiger partial charge in [0, 0.05) is 11.8 Å². The zero-order chi connectivity index (χ0) is 19.6. The van der Waals surface area contributed by atoms with Crippen molar-refractivity contribution in [2.45, 2.75) is 34.3 Å². The van der Waals surface area contributed by atoms with Crippen molar-refractivity contribution in [3.8, 4) is 11.5 Å². The lowest BCUT2D eigenvalue weighted by Crippen LogP contribution is -2.13. The summed E-state index contributed by atoms with van der Waals surface area (Å²) < 4.78 is 10.8. The Hall–Kier alpha value is -3.28. The van der Waals surface area contributed by atoms with Crippen LogP contribution in [0.1, 0.15) is 38.5 Å². The Kier molecular flexibility index (Phi) is 5.16. The lowest BCUT2D eigenvalue weighted by molar-refractivity contribution is 0.102. The van der Waals surface area contributed by atoms with Gasteiger partial charge in [0.25, 0.3) is 5.91 Å². The van der Waals surface area contributed by atoms with Gasteiger partial charge in [0.15, 0.2) is 0 Å². The van der Waals surface area contributed by atoms with Crippen molar-refractivity contribution in [3.05, 3.63) is 70.1 Å². The second-order valence-electron chi connectivity index (χ2n) is 6.47. The molecule has 0 aliphatic carbocycles. The van der Waals surface area contributed by atoms with Gasteiger partial charge in [-0.15, -0.1) is 0 Å². The van der Waals surface area contributed by atoms with E-state index in [1.807, 2.05) is 45.9 Å². The van der Waals surface area contributed by atoms with Crippen LogP contribution < -0.4 is 10.1 Å². The summed E-state index contributed by atoms with van der Waals surface area (Å²) >= 11 is 0. The first-order valence-corrected chi connectivity index (χ1v) is 8.62. The van der Waals surface area contributed by atoms with Gasteiger partial charge in [0.1, 0.15) is 23.9 Å². The summed E-state index contributed by atoms with van der Waals surface area (Å²) in [6.07, 6.45) is 0. The van der Waals surface area contributed by atoms with Crippen LogP contribution in [-0.2, 0) is 6.61 Å². The molecule has 0 fully saturated rings. The molecule has 0 aliphatic heterocycles. The highest BCUT2D eigenvalue weighted by molar-refractivity contribution is 6.06. The maximum atomic E-state index is 12.5. The highest BCUT2D eigenvalue weighted by atomic mass is 16.5. The molecule has 0 unspecified atom stereocenters. The summed E-state index contributed by atoms with van der Waals surface area (Å²) in [5.41, 5.74) is 4.61. The lowest BCUT2D eigenvalue weighted by atomic mass is 10.1. The largest absolute Gasteiger partial charge is 0.507 e. The van der Waals surface area contributed by atoms with Crippen LogP contribution >= 0.6 is 0 Å². The molecular formula is C21H22N2O4. The number of nitrogens with zero attached hydrogens (tertiary/aromatic N) is 1. The molecule has 2 aromatic carbocycles. The number of anilines is 1. The maximum absolute atomic E-state index is 12.5. The molecular weight excluding hydrogens is 344 g/mol. The van der Waals surface area contributed by atoms with Crippen LogP contribution in [0.25, 0.3) is 0 Å². The molecule has 6 heteroatoms. The number of aromatic nitrogens is 1. The van der Waals surface area contributed by atoms with E-state index in [-0.39, 0.29) is 23.8 Å². The van der Waals surface area contributed by atoms with Crippen LogP contribution in [0.2, 0.25) is 0 Å². The van der Waals surface area contributed by atoms with E-state index in [9.17, 15) is 9.90 Å². The molecule has 0 bridgehead atoms. The number of nitrogens with one attached hydrogen (secondary N) is 1. The molecule has 0 atom stereocenters. The van der Waals surface area contributed by atoms with Crippen LogP contribution in [0.3, 0.4) is 0 Å². The minimum atomic E-state index is -0.376. The fraction of sp³-hybridized carbons (Fsp3) is 0.238. The van der Waals surface area contributed by atoms with E-state index in [0.29, 0.717) is 11.5 Å². The van der Waals surface area contributed by atoms with Crippen LogP contribution in [0.15, 0.2) is 40.9 Å². The molecule has 0 spiro atoms. The summed E-state index contributed by atoms with van der Waals surface area (Å²) in [7, 11) is 0. The normalized spacial score (nSPS) is 10.7. The molecule has 3 aromatic rings. The zero-order valence-corrected chi connectivity index (χ0v) is 15.8. The van der Waals surface area contributed by atoms with E-state index in [1.54, 1.807) is 12.1 Å². The molecule has 0 aliphatic rings. The summed E-state index contributed by atoms with van der Waals surface area (Å²) in [5, 5.41) is 17.0. The monoisotopic (exact) mass is 366 g/mol. The SMILES string of the molecule is Cc1cccc(NC(=O)c2ccc(OCc3c(C)noc3C)cc2O)c1C. The van der Waals surface area contributed by atoms with Crippen LogP contribution in [0.4, 0.5) is 5.69 Å². The predicted molar refractivity (Wildman–Crippen MR) is 102 cm³/mol. The van der Waals surface area contributed by atoms with Crippen LogP contribution in [0, 0.1) is 27.7 Å². The number of hydrogen-bond acceptors (Lipinski definition) is 5. The number of hydrogen-bond donors (Lipinski definition) is 2. The second kappa shape index (κ2) is 7.53. The van der Waals surface area contributed by atoms with Gasteiger partial charge in [0.05, 0.1) is 16.8 Å². The fourth-order valence-electron chi connectivity index (χ4n) is 2.73. The second-order valence-corrected chi connectivity index (χ2v) is 6.47. The molecule has 1 amide bonds. The van der Waals surface area contributed by atoms with Crippen LogP contribution in [0.5, 0.6) is 11.5 Å². The van der Waals surface area contributed by atoms with Gasteiger partial charge in [-0.2, -0.15) is 0 Å². The maximum Gasteiger partial charge on any atom is 0.259 e. The van der Waals surface area contributed by atoms with E-state index < -0.39 is 0 Å².